The van der Waals surface area contributed by atoms with Gasteiger partial charge < -0.3 is 8.98 Å². The van der Waals surface area contributed by atoms with Crippen LogP contribution in [-0.4, -0.2) is 27.8 Å². The van der Waals surface area contributed by atoms with E-state index in [1.165, 1.54) is 49.5 Å². The minimum Gasteiger partial charge on any atom is -0.501 e. The van der Waals surface area contributed by atoms with Gasteiger partial charge in [-0.2, -0.15) is 5.10 Å². The van der Waals surface area contributed by atoms with Crippen molar-refractivity contribution in [3.8, 4) is 39.5 Å². The quantitative estimate of drug-likeness (QED) is 0.0907. The molecule has 0 bridgehead atoms. The van der Waals surface area contributed by atoms with Crippen LogP contribution in [0.25, 0.3) is 94.0 Å². The van der Waals surface area contributed by atoms with Gasteiger partial charge in [0.25, 0.3) is 0 Å². The summed E-state index contributed by atoms with van der Waals surface area (Å²) in [7, 11) is -1.34. The summed E-state index contributed by atoms with van der Waals surface area (Å²) in [6, 6.07) is 64.2. The van der Waals surface area contributed by atoms with Crippen molar-refractivity contribution in [3.05, 3.63) is 187 Å². The molecule has 0 spiro atoms. The Morgan fingerprint density at radius 1 is 0.569 bits per heavy atom. The van der Waals surface area contributed by atoms with Crippen LogP contribution < -0.4 is 5.32 Å². The molecular formula is C58H50IrN4OSi-2. The van der Waals surface area contributed by atoms with Gasteiger partial charge in [0, 0.05) is 42.2 Å². The number of rotatable bonds is 7. The van der Waals surface area contributed by atoms with Crippen molar-refractivity contribution in [2.45, 2.75) is 59.2 Å². The molecular weight excluding hydrogens is 989 g/mol. The van der Waals surface area contributed by atoms with Crippen LogP contribution in [0.15, 0.2) is 168 Å². The monoisotopic (exact) mass is 1040 g/mol. The Morgan fingerprint density at radius 2 is 1.28 bits per heavy atom. The second-order valence-corrected chi connectivity index (χ2v) is 23.3. The molecule has 0 atom stereocenters. The van der Waals surface area contributed by atoms with Gasteiger partial charge in [0.2, 0.25) is 0 Å². The maximum atomic E-state index is 6.83. The fourth-order valence-electron chi connectivity index (χ4n) is 8.87. The molecule has 0 N–H and O–H groups in total. The first kappa shape index (κ1) is 43.7. The number of furan rings is 1. The largest absolute Gasteiger partial charge is 0.501 e. The molecule has 3 aromatic heterocycles. The summed E-state index contributed by atoms with van der Waals surface area (Å²) in [4.78, 5) is 5.33. The Labute approximate surface area is 395 Å². The fraction of sp³-hybridized carbons (Fsp3) is 0.155. The number of para-hydroxylation sites is 2. The maximum absolute atomic E-state index is 6.83. The van der Waals surface area contributed by atoms with Crippen LogP contribution in [0.1, 0.15) is 50.7 Å². The van der Waals surface area contributed by atoms with E-state index in [2.05, 4.69) is 202 Å². The smallest absolute Gasteiger partial charge is 0.121 e. The second-order valence-electron chi connectivity index (χ2n) is 18.3. The molecule has 3 heterocycles. The number of nitrogens with zero attached hydrogens (tertiary/aromatic N) is 4. The van der Waals surface area contributed by atoms with E-state index in [0.29, 0.717) is 0 Å². The molecule has 0 amide bonds. The van der Waals surface area contributed by atoms with Gasteiger partial charge >= 0.3 is 0 Å². The number of hydrogen-bond donors (Lipinski definition) is 0. The van der Waals surface area contributed by atoms with Crippen LogP contribution in [0.5, 0.6) is 0 Å². The van der Waals surface area contributed by atoms with Crippen molar-refractivity contribution >= 4 is 67.9 Å². The third-order valence-corrected chi connectivity index (χ3v) is 14.0. The van der Waals surface area contributed by atoms with E-state index in [9.17, 15) is 0 Å². The number of aromatic nitrogens is 4. The summed E-state index contributed by atoms with van der Waals surface area (Å²) in [5, 5.41) is 16.8. The van der Waals surface area contributed by atoms with E-state index >= 15 is 0 Å². The van der Waals surface area contributed by atoms with Crippen molar-refractivity contribution in [2.75, 3.05) is 0 Å². The molecule has 5 nitrogen and oxygen atoms in total. The predicted molar refractivity (Wildman–Crippen MR) is 271 cm³/mol. The van der Waals surface area contributed by atoms with E-state index in [-0.39, 0.29) is 31.9 Å². The summed E-state index contributed by atoms with van der Waals surface area (Å²) >= 11 is 0. The molecule has 0 aliphatic carbocycles. The van der Waals surface area contributed by atoms with Crippen LogP contribution >= 0.6 is 0 Å². The maximum Gasteiger partial charge on any atom is 0.121 e. The Kier molecular flexibility index (Phi) is 12.0. The molecule has 323 valence electrons. The van der Waals surface area contributed by atoms with Crippen LogP contribution in [0.2, 0.25) is 19.6 Å². The fourth-order valence-corrected chi connectivity index (χ4v) is 9.81. The molecule has 8 aromatic carbocycles. The average molecular weight is 1040 g/mol. The van der Waals surface area contributed by atoms with Gasteiger partial charge in [-0.05, 0) is 92.0 Å². The van der Waals surface area contributed by atoms with E-state index < -0.39 is 8.07 Å². The molecule has 0 aliphatic rings. The molecule has 0 aliphatic heterocycles. The number of imidazole rings is 1. The normalized spacial score (nSPS) is 11.8. The Balaban J connectivity index is 0.000000266. The van der Waals surface area contributed by atoms with Crippen LogP contribution in [0, 0.1) is 12.1 Å². The third-order valence-electron chi connectivity index (χ3n) is 12.2. The Bertz CT molecular complexity index is 3450. The Morgan fingerprint density at radius 3 is 1.98 bits per heavy atom. The topological polar surface area (TPSA) is 56.7 Å². The summed E-state index contributed by atoms with van der Waals surface area (Å²) in [6.45, 7) is 16.0. The minimum absolute atomic E-state index is 0. The van der Waals surface area contributed by atoms with Crippen molar-refractivity contribution in [2.24, 2.45) is 0 Å². The van der Waals surface area contributed by atoms with E-state index in [4.69, 9.17) is 9.40 Å². The molecule has 0 saturated heterocycles. The van der Waals surface area contributed by atoms with Gasteiger partial charge in [-0.25, -0.2) is 5.10 Å². The van der Waals surface area contributed by atoms with Gasteiger partial charge in [-0.15, -0.1) is 54.1 Å². The number of hydrogen-bond acceptors (Lipinski definition) is 4. The number of fused-ring (bicyclic) bond motifs is 7. The van der Waals surface area contributed by atoms with Gasteiger partial charge in [-0.1, -0.05) is 149 Å². The average Bonchev–Trinajstić information content (AvgIpc) is 3.89. The van der Waals surface area contributed by atoms with E-state index in [0.717, 1.165) is 60.9 Å². The standard InChI is InChI=1S/C45H35N2O.C13H15N2Si.Ir/c1-27(2)36-24-32(29-13-6-5-7-14-29)25-37(28(3)4)43(36)47-41-20-11-10-19-40(41)46-45(47)35-18-12-17-34-39-23-31-22-21-30-15-8-9-16-33(30)38(31)26-42(39)48-44(34)35;1-16(2,3)13-10-9-12(14-15-13)11-7-5-4-6-8-11;/h5-17,19-28H,1-4H3;4-7,9-10H,1-3H3;/q2*-1;. The van der Waals surface area contributed by atoms with Crippen LogP contribution in [0.3, 0.4) is 0 Å². The molecule has 0 fully saturated rings. The van der Waals surface area contributed by atoms with Crippen molar-refractivity contribution < 1.29 is 24.5 Å². The molecule has 0 unspecified atom stereocenters. The first-order valence-corrected chi connectivity index (χ1v) is 25.7. The first-order chi connectivity index (χ1) is 31.0. The van der Waals surface area contributed by atoms with Gasteiger partial charge in [0.15, 0.2) is 0 Å². The summed E-state index contributed by atoms with van der Waals surface area (Å²) in [5.41, 5.74) is 12.7. The third kappa shape index (κ3) is 8.25. The van der Waals surface area contributed by atoms with Gasteiger partial charge in [0.05, 0.1) is 22.4 Å². The van der Waals surface area contributed by atoms with E-state index in [1.807, 2.05) is 36.4 Å². The second kappa shape index (κ2) is 17.8. The van der Waals surface area contributed by atoms with Crippen molar-refractivity contribution in [1.82, 2.24) is 19.7 Å². The van der Waals surface area contributed by atoms with Crippen molar-refractivity contribution in [1.29, 1.82) is 0 Å². The molecule has 11 aromatic rings. The summed E-state index contributed by atoms with van der Waals surface area (Å²) in [6.07, 6.45) is 0. The molecule has 65 heavy (non-hydrogen) atoms. The zero-order valence-corrected chi connectivity index (χ0v) is 41.2. The molecule has 1 radical (unpaired) electrons. The Hall–Kier alpha value is -6.50. The SMILES string of the molecule is CC(C)c1cc(-c2ccccc2)cc(C(C)C)c1-n1c(-c2[c-]ccc3c2oc2cc4c(ccc5ccccc54)cc23)nc2ccccc21.C[Si](C)(C)c1ccc(-c2[c-]cccc2)nn1.[Ir]. The van der Waals surface area contributed by atoms with Crippen molar-refractivity contribution in [3.63, 3.8) is 0 Å². The van der Waals surface area contributed by atoms with Gasteiger partial charge in [-0.3, -0.25) is 4.98 Å². The van der Waals surface area contributed by atoms with Crippen LogP contribution in [-0.2, 0) is 20.1 Å². The van der Waals surface area contributed by atoms with E-state index in [1.54, 1.807) is 0 Å². The number of benzene rings is 8. The predicted octanol–water partition coefficient (Wildman–Crippen LogP) is 15.1. The minimum atomic E-state index is -1.34. The van der Waals surface area contributed by atoms with Crippen LogP contribution in [0.4, 0.5) is 0 Å². The summed E-state index contributed by atoms with van der Waals surface area (Å²) in [5.74, 6) is 1.40. The molecule has 11 rings (SSSR count). The molecule has 0 saturated carbocycles. The first-order valence-electron chi connectivity index (χ1n) is 22.2. The molecule has 7 heteroatoms. The summed E-state index contributed by atoms with van der Waals surface area (Å²) < 4.78 is 9.20. The van der Waals surface area contributed by atoms with Gasteiger partial charge in [0.1, 0.15) is 13.7 Å². The zero-order valence-electron chi connectivity index (χ0n) is 37.8. The zero-order chi connectivity index (χ0) is 44.1.